The van der Waals surface area contributed by atoms with Crippen LogP contribution in [0, 0.1) is 11.3 Å². The number of H-pyrrole nitrogens is 1. The standard InChI is InChI=1S/C23H20N4O6S/c1-23(2)14-8-11(22(30)31)4-5-12(14)19(28)17-16-13(18(21(25)29)27-34(3,32)33)6-10(9-24)7-15(16)26-20(17)23/h4-8,18,26-27H,1-3H3,(H2,25,29)(H,30,31). The minimum absolute atomic E-state index is 0.0257. The van der Waals surface area contributed by atoms with Gasteiger partial charge in [0.05, 0.1) is 29.0 Å². The molecule has 10 nitrogen and oxygen atoms in total. The molecule has 0 bridgehead atoms. The molecule has 1 aromatic heterocycles. The number of carboxylic acids is 1. The van der Waals surface area contributed by atoms with Gasteiger partial charge in [-0.3, -0.25) is 9.59 Å². The Morgan fingerprint density at radius 1 is 1.24 bits per heavy atom. The van der Waals surface area contributed by atoms with E-state index in [-0.39, 0.29) is 33.2 Å². The number of hydrogen-bond acceptors (Lipinski definition) is 6. The van der Waals surface area contributed by atoms with Crippen molar-refractivity contribution in [2.24, 2.45) is 5.73 Å². The van der Waals surface area contributed by atoms with Crippen LogP contribution in [0.1, 0.15) is 68.6 Å². The number of rotatable bonds is 5. The third-order valence-electron chi connectivity index (χ3n) is 6.02. The summed E-state index contributed by atoms with van der Waals surface area (Å²) < 4.78 is 26.1. The molecule has 34 heavy (non-hydrogen) atoms. The van der Waals surface area contributed by atoms with E-state index in [1.807, 2.05) is 19.9 Å². The maximum atomic E-state index is 13.6. The van der Waals surface area contributed by atoms with Crippen molar-refractivity contribution in [2.45, 2.75) is 25.3 Å². The molecule has 5 N–H and O–H groups in total. The van der Waals surface area contributed by atoms with Crippen molar-refractivity contribution in [3.63, 3.8) is 0 Å². The summed E-state index contributed by atoms with van der Waals surface area (Å²) in [7, 11) is -3.89. The Morgan fingerprint density at radius 2 is 1.91 bits per heavy atom. The Hall–Kier alpha value is -4.01. The quantitative estimate of drug-likeness (QED) is 0.428. The highest BCUT2D eigenvalue weighted by Gasteiger charge is 2.41. The van der Waals surface area contributed by atoms with Gasteiger partial charge >= 0.3 is 5.97 Å². The number of ketones is 1. The predicted octanol–water partition coefficient (Wildman–Crippen LogP) is 1.68. The van der Waals surface area contributed by atoms with Crippen LogP contribution >= 0.6 is 0 Å². The molecule has 0 saturated carbocycles. The van der Waals surface area contributed by atoms with Gasteiger partial charge in [0.2, 0.25) is 15.9 Å². The van der Waals surface area contributed by atoms with Crippen molar-refractivity contribution in [3.05, 3.63) is 69.4 Å². The minimum Gasteiger partial charge on any atom is -0.478 e. The number of carbonyl (C=O) groups is 3. The number of nitrogens with two attached hydrogens (primary N) is 1. The summed E-state index contributed by atoms with van der Waals surface area (Å²) in [5, 5.41) is 19.2. The Labute approximate surface area is 194 Å². The van der Waals surface area contributed by atoms with Gasteiger partial charge in [-0.25, -0.2) is 13.2 Å². The van der Waals surface area contributed by atoms with Crippen LogP contribution in [-0.2, 0) is 20.2 Å². The number of carbonyl (C=O) groups excluding carboxylic acids is 2. The first-order valence-electron chi connectivity index (χ1n) is 10.1. The minimum atomic E-state index is -3.89. The smallest absolute Gasteiger partial charge is 0.335 e. The average Bonchev–Trinajstić information content (AvgIpc) is 3.15. The highest BCUT2D eigenvalue weighted by Crippen LogP contribution is 2.45. The van der Waals surface area contributed by atoms with E-state index in [4.69, 9.17) is 5.73 Å². The lowest BCUT2D eigenvalue weighted by molar-refractivity contribution is -0.119. The number of nitrogens with one attached hydrogen (secondary N) is 2. The van der Waals surface area contributed by atoms with Gasteiger partial charge in [0.25, 0.3) is 0 Å². The lowest BCUT2D eigenvalue weighted by Gasteiger charge is -2.32. The third kappa shape index (κ3) is 3.53. The zero-order valence-electron chi connectivity index (χ0n) is 18.4. The lowest BCUT2D eigenvalue weighted by atomic mass is 9.70. The number of hydrogen-bond donors (Lipinski definition) is 4. The number of amides is 1. The van der Waals surface area contributed by atoms with E-state index in [0.29, 0.717) is 16.8 Å². The molecule has 0 aliphatic heterocycles. The van der Waals surface area contributed by atoms with Crippen molar-refractivity contribution < 1.29 is 27.9 Å². The highest BCUT2D eigenvalue weighted by atomic mass is 32.2. The molecule has 3 aromatic rings. The zero-order valence-corrected chi connectivity index (χ0v) is 19.2. The topological polar surface area (TPSA) is 183 Å². The van der Waals surface area contributed by atoms with E-state index >= 15 is 0 Å². The molecule has 4 rings (SSSR count). The molecule has 0 radical (unpaired) electrons. The first-order chi connectivity index (χ1) is 15.8. The van der Waals surface area contributed by atoms with E-state index in [1.54, 1.807) is 0 Å². The van der Waals surface area contributed by atoms with Gasteiger partial charge in [0.1, 0.15) is 6.04 Å². The second-order valence-corrected chi connectivity index (χ2v) is 10.5. The van der Waals surface area contributed by atoms with Gasteiger partial charge in [-0.05, 0) is 41.5 Å². The Balaban J connectivity index is 2.10. The van der Waals surface area contributed by atoms with Crippen LogP contribution in [0.4, 0.5) is 0 Å². The van der Waals surface area contributed by atoms with Gasteiger partial charge in [-0.15, -0.1) is 0 Å². The zero-order chi connectivity index (χ0) is 25.2. The Morgan fingerprint density at radius 3 is 2.47 bits per heavy atom. The largest absolute Gasteiger partial charge is 0.478 e. The van der Waals surface area contributed by atoms with Gasteiger partial charge in [-0.1, -0.05) is 13.8 Å². The predicted molar refractivity (Wildman–Crippen MR) is 122 cm³/mol. The molecule has 1 unspecified atom stereocenters. The summed E-state index contributed by atoms with van der Waals surface area (Å²) in [6, 6.07) is 7.48. The van der Waals surface area contributed by atoms with Crippen molar-refractivity contribution in [2.75, 3.05) is 6.26 Å². The van der Waals surface area contributed by atoms with Crippen LogP contribution in [0.3, 0.4) is 0 Å². The monoisotopic (exact) mass is 480 g/mol. The second-order valence-electron chi connectivity index (χ2n) is 8.72. The number of carboxylic acid groups (broad SMARTS) is 1. The molecule has 1 heterocycles. The molecule has 2 aromatic carbocycles. The Bertz CT molecular complexity index is 1580. The van der Waals surface area contributed by atoms with Crippen LogP contribution < -0.4 is 10.5 Å². The molecule has 1 amide bonds. The fourth-order valence-corrected chi connectivity index (χ4v) is 5.17. The summed E-state index contributed by atoms with van der Waals surface area (Å²) in [5.74, 6) is -2.57. The SMILES string of the molecule is CC1(C)c2cc(C(=O)O)ccc2C(=O)c2c1[nH]c1cc(C#N)cc(C(NS(C)(=O)=O)C(N)=O)c21. The number of primary amides is 1. The fourth-order valence-electron chi connectivity index (χ4n) is 4.50. The van der Waals surface area contributed by atoms with Crippen molar-refractivity contribution in [1.82, 2.24) is 9.71 Å². The van der Waals surface area contributed by atoms with Gasteiger partial charge < -0.3 is 15.8 Å². The number of aromatic nitrogens is 1. The molecular formula is C23H20N4O6S. The maximum absolute atomic E-state index is 13.6. The molecule has 1 aliphatic rings. The maximum Gasteiger partial charge on any atom is 0.335 e. The molecule has 174 valence electrons. The van der Waals surface area contributed by atoms with Crippen LogP contribution in [0.15, 0.2) is 30.3 Å². The molecule has 0 fully saturated rings. The average molecular weight is 481 g/mol. The van der Waals surface area contributed by atoms with Crippen LogP contribution in [0.5, 0.6) is 0 Å². The number of sulfonamides is 1. The van der Waals surface area contributed by atoms with Crippen LogP contribution in [0.25, 0.3) is 10.9 Å². The number of nitriles is 1. The molecule has 1 aliphatic carbocycles. The molecular weight excluding hydrogens is 460 g/mol. The first-order valence-corrected chi connectivity index (χ1v) is 11.9. The summed E-state index contributed by atoms with van der Waals surface area (Å²) in [6.45, 7) is 3.62. The normalized spacial score (nSPS) is 15.3. The molecule has 0 saturated heterocycles. The van der Waals surface area contributed by atoms with E-state index < -0.39 is 39.1 Å². The summed E-state index contributed by atoms with van der Waals surface area (Å²) in [5.41, 5.74) is 6.64. The number of aromatic carboxylic acids is 1. The third-order valence-corrected chi connectivity index (χ3v) is 6.69. The van der Waals surface area contributed by atoms with Gasteiger partial charge in [0, 0.05) is 27.6 Å². The number of aromatic amines is 1. The number of fused-ring (bicyclic) bond motifs is 4. The van der Waals surface area contributed by atoms with Crippen molar-refractivity contribution in [3.8, 4) is 6.07 Å². The first kappa shape index (κ1) is 23.2. The lowest BCUT2D eigenvalue weighted by Crippen LogP contribution is -2.37. The molecule has 11 heteroatoms. The highest BCUT2D eigenvalue weighted by molar-refractivity contribution is 7.88. The summed E-state index contributed by atoms with van der Waals surface area (Å²) in [4.78, 5) is 40.6. The fraction of sp³-hybridized carbons (Fsp3) is 0.217. The van der Waals surface area contributed by atoms with E-state index in [1.165, 1.54) is 30.3 Å². The number of nitrogens with zero attached hydrogens (tertiary/aromatic N) is 1. The molecule has 0 spiro atoms. The van der Waals surface area contributed by atoms with Gasteiger partial charge in [0.15, 0.2) is 5.78 Å². The summed E-state index contributed by atoms with van der Waals surface area (Å²) >= 11 is 0. The van der Waals surface area contributed by atoms with Gasteiger partial charge in [-0.2, -0.15) is 9.98 Å². The van der Waals surface area contributed by atoms with Crippen molar-refractivity contribution >= 4 is 38.6 Å². The number of benzene rings is 2. The summed E-state index contributed by atoms with van der Waals surface area (Å²) in [6.07, 6.45) is 0.866. The second kappa shape index (κ2) is 7.51. The van der Waals surface area contributed by atoms with E-state index in [0.717, 1.165) is 6.26 Å². The van der Waals surface area contributed by atoms with E-state index in [9.17, 15) is 33.2 Å². The Kier molecular flexibility index (Phi) is 5.12. The van der Waals surface area contributed by atoms with E-state index in [2.05, 4.69) is 9.71 Å². The molecule has 1 atom stereocenters. The van der Waals surface area contributed by atoms with Crippen LogP contribution in [-0.4, -0.2) is 42.4 Å². The van der Waals surface area contributed by atoms with Crippen molar-refractivity contribution in [1.29, 1.82) is 5.26 Å². The van der Waals surface area contributed by atoms with Crippen LogP contribution in [0.2, 0.25) is 0 Å².